The number of nitrogens with one attached hydrogen (secondary N) is 1. The Bertz CT molecular complexity index is 1170. The number of hydrogen-bond donors (Lipinski definition) is 1. The van der Waals surface area contributed by atoms with Crippen LogP contribution in [-0.2, 0) is 21.2 Å². The van der Waals surface area contributed by atoms with Gasteiger partial charge in [0.25, 0.3) is 0 Å². The Morgan fingerprint density at radius 1 is 1.12 bits per heavy atom. The van der Waals surface area contributed by atoms with Crippen molar-refractivity contribution < 1.29 is 17.9 Å². The Balaban J connectivity index is 1.49. The first-order chi connectivity index (χ1) is 15.5. The average molecular weight is 457 g/mol. The van der Waals surface area contributed by atoms with E-state index in [1.54, 1.807) is 19.1 Å². The summed E-state index contributed by atoms with van der Waals surface area (Å²) in [6, 6.07) is 12.0. The maximum Gasteiger partial charge on any atom is 0.246 e. The van der Waals surface area contributed by atoms with Gasteiger partial charge in [0.1, 0.15) is 17.0 Å². The fourth-order valence-electron chi connectivity index (χ4n) is 3.57. The molecule has 1 saturated heterocycles. The molecular weight excluding hydrogens is 432 g/mol. The van der Waals surface area contributed by atoms with Gasteiger partial charge in [-0.25, -0.2) is 13.1 Å². The number of aromatic nitrogens is 4. The summed E-state index contributed by atoms with van der Waals surface area (Å²) in [7, 11) is -3.70. The molecule has 3 aromatic rings. The quantitative estimate of drug-likeness (QED) is 0.551. The Kier molecular flexibility index (Phi) is 6.47. The molecule has 1 N–H and O–H groups in total. The lowest BCUT2D eigenvalue weighted by Gasteiger charge is -2.19. The van der Waals surface area contributed by atoms with Gasteiger partial charge in [0.2, 0.25) is 15.9 Å². The highest BCUT2D eigenvalue weighted by Gasteiger charge is 2.30. The molecule has 168 valence electrons. The van der Waals surface area contributed by atoms with Crippen molar-refractivity contribution in [1.29, 1.82) is 0 Å². The Labute approximate surface area is 186 Å². The van der Waals surface area contributed by atoms with Crippen LogP contribution in [0, 0.1) is 0 Å². The molecule has 10 nitrogen and oxygen atoms in total. The molecule has 0 radical (unpaired) electrons. The predicted octanol–water partition coefficient (Wildman–Crippen LogP) is 2.03. The van der Waals surface area contributed by atoms with E-state index >= 15 is 0 Å². The van der Waals surface area contributed by atoms with E-state index in [2.05, 4.69) is 20.8 Å². The van der Waals surface area contributed by atoms with Crippen LogP contribution in [-0.4, -0.2) is 58.5 Å². The summed E-state index contributed by atoms with van der Waals surface area (Å²) in [4.78, 5) is 12.7. The number of hydrogen-bond acceptors (Lipinski definition) is 7. The SMILES string of the molecule is CCOc1ccc(NC(=O)Cc2ccc(-n3cnnn3)cc2)cc1S(=O)(=O)N1CCCC1. The van der Waals surface area contributed by atoms with Crippen LogP contribution in [0.2, 0.25) is 0 Å². The largest absolute Gasteiger partial charge is 0.492 e. The lowest BCUT2D eigenvalue weighted by molar-refractivity contribution is -0.115. The van der Waals surface area contributed by atoms with E-state index < -0.39 is 10.0 Å². The third-order valence-corrected chi connectivity index (χ3v) is 7.04. The van der Waals surface area contributed by atoms with Gasteiger partial charge in [-0.2, -0.15) is 4.31 Å². The van der Waals surface area contributed by atoms with Crippen LogP contribution in [0.4, 0.5) is 5.69 Å². The highest BCUT2D eigenvalue weighted by molar-refractivity contribution is 7.89. The fraction of sp³-hybridized carbons (Fsp3) is 0.333. The monoisotopic (exact) mass is 456 g/mol. The summed E-state index contributed by atoms with van der Waals surface area (Å²) < 4.78 is 34.7. The summed E-state index contributed by atoms with van der Waals surface area (Å²) >= 11 is 0. The molecule has 1 amide bonds. The number of nitrogens with zero attached hydrogens (tertiary/aromatic N) is 5. The second-order valence-corrected chi connectivity index (χ2v) is 9.26. The molecular formula is C21H24N6O4S. The van der Waals surface area contributed by atoms with E-state index in [1.807, 2.05) is 24.3 Å². The van der Waals surface area contributed by atoms with Gasteiger partial charge in [0.15, 0.2) is 0 Å². The van der Waals surface area contributed by atoms with Crippen molar-refractivity contribution in [3.63, 3.8) is 0 Å². The van der Waals surface area contributed by atoms with Gasteiger partial charge in [-0.05, 0) is 66.1 Å². The fourth-order valence-corrected chi connectivity index (χ4v) is 5.24. The van der Waals surface area contributed by atoms with E-state index in [0.29, 0.717) is 25.4 Å². The molecule has 4 rings (SSSR count). The van der Waals surface area contributed by atoms with Gasteiger partial charge >= 0.3 is 0 Å². The number of ether oxygens (including phenoxy) is 1. The van der Waals surface area contributed by atoms with E-state index in [1.165, 1.54) is 21.4 Å². The Morgan fingerprint density at radius 3 is 2.53 bits per heavy atom. The van der Waals surface area contributed by atoms with Crippen molar-refractivity contribution in [2.24, 2.45) is 0 Å². The normalized spacial score (nSPS) is 14.4. The zero-order chi connectivity index (χ0) is 22.6. The highest BCUT2D eigenvalue weighted by Crippen LogP contribution is 2.31. The van der Waals surface area contributed by atoms with Crippen LogP contribution in [0.1, 0.15) is 25.3 Å². The molecule has 1 aliphatic rings. The summed E-state index contributed by atoms with van der Waals surface area (Å²) in [5, 5.41) is 13.8. The van der Waals surface area contributed by atoms with E-state index in [9.17, 15) is 13.2 Å². The van der Waals surface area contributed by atoms with Crippen molar-refractivity contribution >= 4 is 21.6 Å². The third-order valence-electron chi connectivity index (χ3n) is 5.12. The third kappa shape index (κ3) is 4.78. The number of amides is 1. The van der Waals surface area contributed by atoms with Gasteiger partial charge in [-0.1, -0.05) is 12.1 Å². The number of rotatable bonds is 8. The second kappa shape index (κ2) is 9.45. The molecule has 1 aliphatic heterocycles. The highest BCUT2D eigenvalue weighted by atomic mass is 32.2. The first-order valence-electron chi connectivity index (χ1n) is 10.4. The maximum atomic E-state index is 13.1. The lowest BCUT2D eigenvalue weighted by Crippen LogP contribution is -2.28. The summed E-state index contributed by atoms with van der Waals surface area (Å²) in [6.45, 7) is 3.12. The van der Waals surface area contributed by atoms with Crippen molar-refractivity contribution in [2.75, 3.05) is 25.0 Å². The van der Waals surface area contributed by atoms with Crippen LogP contribution in [0.5, 0.6) is 5.75 Å². The van der Waals surface area contributed by atoms with Gasteiger partial charge in [0.05, 0.1) is 18.7 Å². The van der Waals surface area contributed by atoms with Crippen molar-refractivity contribution in [3.05, 3.63) is 54.4 Å². The van der Waals surface area contributed by atoms with Crippen molar-refractivity contribution in [2.45, 2.75) is 31.1 Å². The molecule has 0 spiro atoms. The first kappa shape index (κ1) is 21.9. The molecule has 0 unspecified atom stereocenters. The van der Waals surface area contributed by atoms with E-state index in [-0.39, 0.29) is 23.0 Å². The molecule has 11 heteroatoms. The van der Waals surface area contributed by atoms with Crippen molar-refractivity contribution in [1.82, 2.24) is 24.5 Å². The van der Waals surface area contributed by atoms with Gasteiger partial charge in [-0.3, -0.25) is 4.79 Å². The van der Waals surface area contributed by atoms with Crippen LogP contribution in [0.25, 0.3) is 5.69 Å². The van der Waals surface area contributed by atoms with Crippen LogP contribution in [0.3, 0.4) is 0 Å². The first-order valence-corrected chi connectivity index (χ1v) is 11.8. The molecule has 0 saturated carbocycles. The molecule has 1 aromatic heterocycles. The number of benzene rings is 2. The molecule has 0 atom stereocenters. The smallest absolute Gasteiger partial charge is 0.246 e. The Morgan fingerprint density at radius 2 is 1.88 bits per heavy atom. The van der Waals surface area contributed by atoms with Gasteiger partial charge in [0, 0.05) is 18.8 Å². The number of anilines is 1. The van der Waals surface area contributed by atoms with Gasteiger partial charge < -0.3 is 10.1 Å². The zero-order valence-electron chi connectivity index (χ0n) is 17.6. The number of carbonyl (C=O) groups excluding carboxylic acids is 1. The maximum absolute atomic E-state index is 13.1. The summed E-state index contributed by atoms with van der Waals surface area (Å²) in [6.07, 6.45) is 3.30. The zero-order valence-corrected chi connectivity index (χ0v) is 18.5. The van der Waals surface area contributed by atoms with Crippen LogP contribution >= 0.6 is 0 Å². The molecule has 32 heavy (non-hydrogen) atoms. The average Bonchev–Trinajstić information content (AvgIpc) is 3.50. The predicted molar refractivity (Wildman–Crippen MR) is 117 cm³/mol. The second-order valence-electron chi connectivity index (χ2n) is 7.35. The minimum Gasteiger partial charge on any atom is -0.492 e. The summed E-state index contributed by atoms with van der Waals surface area (Å²) in [5.74, 6) is 0.0319. The van der Waals surface area contributed by atoms with Gasteiger partial charge in [-0.15, -0.1) is 5.10 Å². The van der Waals surface area contributed by atoms with E-state index in [4.69, 9.17) is 4.74 Å². The standard InChI is InChI=1S/C21H24N6O4S/c1-2-31-19-10-7-17(14-20(19)32(29,30)26-11-3-4-12-26)23-21(28)13-16-5-8-18(9-6-16)27-15-22-24-25-27/h5-10,14-15H,2-4,11-13H2,1H3,(H,23,28). The minimum absolute atomic E-state index is 0.0739. The molecule has 0 bridgehead atoms. The van der Waals surface area contributed by atoms with Crippen LogP contribution < -0.4 is 10.1 Å². The van der Waals surface area contributed by atoms with Crippen molar-refractivity contribution in [3.8, 4) is 11.4 Å². The molecule has 0 aliphatic carbocycles. The number of sulfonamides is 1. The lowest BCUT2D eigenvalue weighted by atomic mass is 10.1. The molecule has 1 fully saturated rings. The number of carbonyl (C=O) groups is 1. The van der Waals surface area contributed by atoms with Crippen LogP contribution in [0.15, 0.2) is 53.7 Å². The van der Waals surface area contributed by atoms with E-state index in [0.717, 1.165) is 24.1 Å². The summed E-state index contributed by atoms with van der Waals surface area (Å²) in [5.41, 5.74) is 1.99. The number of tetrazole rings is 1. The molecule has 2 heterocycles. The Hall–Kier alpha value is -3.31. The topological polar surface area (TPSA) is 119 Å². The minimum atomic E-state index is -3.70. The molecule has 2 aromatic carbocycles.